The zero-order chi connectivity index (χ0) is 9.97. The first kappa shape index (κ1) is 10.4. The van der Waals surface area contributed by atoms with Gasteiger partial charge in [-0.05, 0) is 11.8 Å². The summed E-state index contributed by atoms with van der Waals surface area (Å²) in [6, 6.07) is 0. The Morgan fingerprint density at radius 2 is 1.21 bits per heavy atom. The van der Waals surface area contributed by atoms with Gasteiger partial charge in [-0.15, -0.1) is 0 Å². The largest absolute Gasteiger partial charge is 0.379 e. The van der Waals surface area contributed by atoms with E-state index in [0.717, 1.165) is 11.8 Å². The molecule has 14 heavy (non-hydrogen) atoms. The molecule has 0 bridgehead atoms. The lowest BCUT2D eigenvalue weighted by atomic mass is 9.78. The maximum absolute atomic E-state index is 9.71. The molecule has 2 fully saturated rings. The summed E-state index contributed by atoms with van der Waals surface area (Å²) in [7, 11) is 0. The highest BCUT2D eigenvalue weighted by molar-refractivity contribution is 4.85. The predicted octanol–water partition coefficient (Wildman–Crippen LogP) is 2.26. The third kappa shape index (κ3) is 2.12. The van der Waals surface area contributed by atoms with Crippen molar-refractivity contribution in [3.63, 3.8) is 0 Å². The minimum absolute atomic E-state index is 0.403. The molecule has 0 aromatic carbocycles. The molecule has 2 nitrogen and oxygen atoms in total. The molecule has 0 amide bonds. The summed E-state index contributed by atoms with van der Waals surface area (Å²) in [5, 5.41) is 9.71. The average Bonchev–Trinajstić information content (AvgIpc) is 2.75. The van der Waals surface area contributed by atoms with Crippen molar-refractivity contribution in [2.24, 2.45) is 23.5 Å². The van der Waals surface area contributed by atoms with Gasteiger partial charge in [0.2, 0.25) is 0 Å². The quantitative estimate of drug-likeness (QED) is 0.682. The van der Waals surface area contributed by atoms with Crippen LogP contribution in [-0.4, -0.2) is 11.3 Å². The lowest BCUT2D eigenvalue weighted by Gasteiger charge is -2.31. The Balaban J connectivity index is 1.98. The third-order valence-corrected chi connectivity index (χ3v) is 4.28. The van der Waals surface area contributed by atoms with E-state index in [1.807, 2.05) is 0 Å². The van der Waals surface area contributed by atoms with Gasteiger partial charge in [0, 0.05) is 5.92 Å². The molecular formula is C12H23NO. The number of hydrogen-bond acceptors (Lipinski definition) is 2. The van der Waals surface area contributed by atoms with Crippen LogP contribution in [0.25, 0.3) is 0 Å². The number of aliphatic hydroxyl groups is 1. The first-order chi connectivity index (χ1) is 6.79. The van der Waals surface area contributed by atoms with Crippen LogP contribution in [-0.2, 0) is 0 Å². The topological polar surface area (TPSA) is 46.2 Å². The van der Waals surface area contributed by atoms with Crippen LogP contribution < -0.4 is 5.73 Å². The van der Waals surface area contributed by atoms with Crippen LogP contribution in [0.5, 0.6) is 0 Å². The smallest absolute Gasteiger partial charge is 0.105 e. The summed E-state index contributed by atoms with van der Waals surface area (Å²) in [4.78, 5) is 0. The average molecular weight is 197 g/mol. The van der Waals surface area contributed by atoms with E-state index in [2.05, 4.69) is 0 Å². The zero-order valence-corrected chi connectivity index (χ0v) is 8.99. The molecule has 0 aromatic heterocycles. The lowest BCUT2D eigenvalue weighted by Crippen LogP contribution is -2.38. The predicted molar refractivity (Wildman–Crippen MR) is 57.6 cm³/mol. The normalized spacial score (nSPS) is 27.6. The molecule has 0 radical (unpaired) electrons. The van der Waals surface area contributed by atoms with Crippen molar-refractivity contribution < 1.29 is 5.11 Å². The minimum Gasteiger partial charge on any atom is -0.379 e. The monoisotopic (exact) mass is 197 g/mol. The van der Waals surface area contributed by atoms with Gasteiger partial charge in [-0.3, -0.25) is 0 Å². The zero-order valence-electron chi connectivity index (χ0n) is 8.99. The molecule has 0 saturated heterocycles. The molecule has 0 aliphatic heterocycles. The molecule has 0 heterocycles. The van der Waals surface area contributed by atoms with E-state index < -0.39 is 6.23 Å². The van der Waals surface area contributed by atoms with Gasteiger partial charge in [-0.25, -0.2) is 0 Å². The van der Waals surface area contributed by atoms with E-state index in [-0.39, 0.29) is 0 Å². The number of rotatable bonds is 3. The van der Waals surface area contributed by atoms with Crippen LogP contribution in [0.4, 0.5) is 0 Å². The maximum atomic E-state index is 9.71. The molecular weight excluding hydrogens is 174 g/mol. The summed E-state index contributed by atoms with van der Waals surface area (Å²) in [5.74, 6) is 1.84. The van der Waals surface area contributed by atoms with Crippen molar-refractivity contribution in [1.29, 1.82) is 0 Å². The van der Waals surface area contributed by atoms with Crippen LogP contribution in [0.3, 0.4) is 0 Å². The summed E-state index contributed by atoms with van der Waals surface area (Å²) in [5.41, 5.74) is 5.75. The second-order valence-corrected chi connectivity index (χ2v) is 5.16. The second-order valence-electron chi connectivity index (χ2n) is 5.16. The van der Waals surface area contributed by atoms with Crippen LogP contribution in [0.15, 0.2) is 0 Å². The van der Waals surface area contributed by atoms with E-state index in [0.29, 0.717) is 5.92 Å². The van der Waals surface area contributed by atoms with Crippen molar-refractivity contribution in [1.82, 2.24) is 0 Å². The van der Waals surface area contributed by atoms with Gasteiger partial charge in [0.25, 0.3) is 0 Å². The van der Waals surface area contributed by atoms with Gasteiger partial charge in [-0.1, -0.05) is 51.4 Å². The van der Waals surface area contributed by atoms with Crippen molar-refractivity contribution in [2.45, 2.75) is 57.6 Å². The Kier molecular flexibility index (Phi) is 3.45. The fourth-order valence-electron chi connectivity index (χ4n) is 3.63. The maximum Gasteiger partial charge on any atom is 0.105 e. The van der Waals surface area contributed by atoms with E-state index >= 15 is 0 Å². The highest BCUT2D eigenvalue weighted by Gasteiger charge is 2.36. The SMILES string of the molecule is NC(O)C(C1CCCC1)C1CCCC1. The molecule has 2 rings (SSSR count). The van der Waals surface area contributed by atoms with Crippen molar-refractivity contribution in [2.75, 3.05) is 0 Å². The molecule has 1 unspecified atom stereocenters. The molecule has 2 saturated carbocycles. The highest BCUT2D eigenvalue weighted by Crippen LogP contribution is 2.42. The van der Waals surface area contributed by atoms with Crippen molar-refractivity contribution in [3.05, 3.63) is 0 Å². The fraction of sp³-hybridized carbons (Fsp3) is 1.00. The van der Waals surface area contributed by atoms with E-state index in [1.54, 1.807) is 0 Å². The minimum atomic E-state index is -0.568. The van der Waals surface area contributed by atoms with E-state index in [4.69, 9.17) is 5.73 Å². The molecule has 2 heteroatoms. The molecule has 82 valence electrons. The fourth-order valence-corrected chi connectivity index (χ4v) is 3.63. The van der Waals surface area contributed by atoms with Gasteiger partial charge < -0.3 is 10.8 Å². The molecule has 1 atom stereocenters. The Labute approximate surface area is 86.9 Å². The van der Waals surface area contributed by atoms with Gasteiger partial charge >= 0.3 is 0 Å². The highest BCUT2D eigenvalue weighted by atomic mass is 16.3. The van der Waals surface area contributed by atoms with E-state index in [9.17, 15) is 5.11 Å². The van der Waals surface area contributed by atoms with Crippen LogP contribution in [0.1, 0.15) is 51.4 Å². The van der Waals surface area contributed by atoms with Crippen LogP contribution in [0.2, 0.25) is 0 Å². The molecule has 0 spiro atoms. The van der Waals surface area contributed by atoms with Gasteiger partial charge in [-0.2, -0.15) is 0 Å². The van der Waals surface area contributed by atoms with Gasteiger partial charge in [0.05, 0.1) is 0 Å². The summed E-state index contributed by atoms with van der Waals surface area (Å²) in [6.45, 7) is 0. The summed E-state index contributed by atoms with van der Waals surface area (Å²) >= 11 is 0. The molecule has 3 N–H and O–H groups in total. The second kappa shape index (κ2) is 4.63. The number of hydrogen-bond donors (Lipinski definition) is 2. The number of aliphatic hydroxyl groups excluding tert-OH is 1. The Morgan fingerprint density at radius 3 is 1.50 bits per heavy atom. The summed E-state index contributed by atoms with van der Waals surface area (Å²) < 4.78 is 0. The van der Waals surface area contributed by atoms with E-state index in [1.165, 1.54) is 51.4 Å². The summed E-state index contributed by atoms with van der Waals surface area (Å²) in [6.07, 6.45) is 10.0. The van der Waals surface area contributed by atoms with Crippen LogP contribution >= 0.6 is 0 Å². The number of nitrogens with two attached hydrogens (primary N) is 1. The van der Waals surface area contributed by atoms with Gasteiger partial charge in [0.15, 0.2) is 0 Å². The van der Waals surface area contributed by atoms with Gasteiger partial charge in [0.1, 0.15) is 6.23 Å². The Hall–Kier alpha value is -0.0800. The van der Waals surface area contributed by atoms with Crippen molar-refractivity contribution >= 4 is 0 Å². The Morgan fingerprint density at radius 1 is 0.857 bits per heavy atom. The molecule has 0 aromatic rings. The Bertz CT molecular complexity index is 153. The first-order valence-corrected chi connectivity index (χ1v) is 6.22. The molecule has 2 aliphatic carbocycles. The standard InChI is InChI=1S/C12H23NO/c13-12(14)11(9-5-1-2-6-9)10-7-3-4-8-10/h9-12,14H,1-8,13H2. The lowest BCUT2D eigenvalue weighted by molar-refractivity contribution is 0.0411. The third-order valence-electron chi connectivity index (χ3n) is 4.28. The molecule has 2 aliphatic rings. The van der Waals surface area contributed by atoms with Crippen molar-refractivity contribution in [3.8, 4) is 0 Å². The first-order valence-electron chi connectivity index (χ1n) is 6.22. The van der Waals surface area contributed by atoms with Crippen LogP contribution in [0, 0.1) is 17.8 Å².